The molecule has 1 unspecified atom stereocenters. The highest BCUT2D eigenvalue weighted by atomic mass is 35.5. The van der Waals surface area contributed by atoms with Crippen LogP contribution >= 0.6 is 11.6 Å². The van der Waals surface area contributed by atoms with Gasteiger partial charge >= 0.3 is 0 Å². The fraction of sp³-hybridized carbons (Fsp3) is 0.500. The fourth-order valence-corrected chi connectivity index (χ4v) is 2.57. The normalized spacial score (nSPS) is 20.2. The SMILES string of the molecule is CN1CCCCC1CNC(=O)c1ccc(Cl)cc1O. The Bertz CT molecular complexity index is 465. The maximum Gasteiger partial charge on any atom is 0.255 e. The Balaban J connectivity index is 1.93. The van der Waals surface area contributed by atoms with E-state index in [1.54, 1.807) is 6.07 Å². The molecular weight excluding hydrogens is 264 g/mol. The number of rotatable bonds is 3. The van der Waals surface area contributed by atoms with E-state index in [0.717, 1.165) is 13.0 Å². The lowest BCUT2D eigenvalue weighted by molar-refractivity contribution is 0.0926. The van der Waals surface area contributed by atoms with Crippen LogP contribution in [0.4, 0.5) is 0 Å². The molecule has 1 saturated heterocycles. The first-order valence-corrected chi connectivity index (χ1v) is 6.92. The summed E-state index contributed by atoms with van der Waals surface area (Å²) in [6.07, 6.45) is 3.53. The van der Waals surface area contributed by atoms with Crippen LogP contribution in [0, 0.1) is 0 Å². The number of likely N-dealkylation sites (tertiary alicyclic amines) is 1. The van der Waals surface area contributed by atoms with E-state index in [9.17, 15) is 9.90 Å². The molecule has 2 N–H and O–H groups in total. The summed E-state index contributed by atoms with van der Waals surface area (Å²) in [5.41, 5.74) is 0.267. The summed E-state index contributed by atoms with van der Waals surface area (Å²) >= 11 is 5.74. The zero-order valence-corrected chi connectivity index (χ0v) is 11.8. The molecule has 1 aromatic rings. The molecule has 1 amide bonds. The molecule has 4 nitrogen and oxygen atoms in total. The number of halogens is 1. The fourth-order valence-electron chi connectivity index (χ4n) is 2.40. The second-order valence-corrected chi connectivity index (χ2v) is 5.44. The molecule has 1 aliphatic rings. The van der Waals surface area contributed by atoms with Crippen molar-refractivity contribution in [2.75, 3.05) is 20.1 Å². The van der Waals surface area contributed by atoms with Crippen molar-refractivity contribution in [1.29, 1.82) is 0 Å². The Kier molecular flexibility index (Phi) is 4.66. The second kappa shape index (κ2) is 6.26. The third-order valence-electron chi connectivity index (χ3n) is 3.62. The molecule has 2 rings (SSSR count). The Morgan fingerprint density at radius 3 is 3.00 bits per heavy atom. The van der Waals surface area contributed by atoms with Gasteiger partial charge in [0.15, 0.2) is 0 Å². The van der Waals surface area contributed by atoms with E-state index < -0.39 is 0 Å². The summed E-state index contributed by atoms with van der Waals surface area (Å²) in [4.78, 5) is 14.3. The molecule has 0 bridgehead atoms. The number of hydrogen-bond donors (Lipinski definition) is 2. The van der Waals surface area contributed by atoms with Gasteiger partial charge in [0.25, 0.3) is 5.91 Å². The van der Waals surface area contributed by atoms with Gasteiger partial charge in [0, 0.05) is 17.6 Å². The quantitative estimate of drug-likeness (QED) is 0.894. The molecule has 0 saturated carbocycles. The molecule has 1 atom stereocenters. The van der Waals surface area contributed by atoms with Crippen LogP contribution in [0.3, 0.4) is 0 Å². The molecule has 1 aromatic carbocycles. The number of aromatic hydroxyl groups is 1. The summed E-state index contributed by atoms with van der Waals surface area (Å²) in [5.74, 6) is -0.338. The maximum atomic E-state index is 12.0. The Morgan fingerprint density at radius 2 is 2.32 bits per heavy atom. The van der Waals surface area contributed by atoms with Gasteiger partial charge in [-0.3, -0.25) is 4.79 Å². The van der Waals surface area contributed by atoms with Crippen LogP contribution in [0.5, 0.6) is 5.75 Å². The minimum absolute atomic E-state index is 0.0815. The van der Waals surface area contributed by atoms with Gasteiger partial charge in [-0.05, 0) is 44.6 Å². The molecule has 104 valence electrons. The van der Waals surface area contributed by atoms with Crippen molar-refractivity contribution in [3.63, 3.8) is 0 Å². The third-order valence-corrected chi connectivity index (χ3v) is 3.86. The van der Waals surface area contributed by atoms with Crippen molar-refractivity contribution < 1.29 is 9.90 Å². The van der Waals surface area contributed by atoms with Gasteiger partial charge in [0.1, 0.15) is 5.75 Å². The van der Waals surface area contributed by atoms with Crippen LogP contribution in [0.1, 0.15) is 29.6 Å². The summed E-state index contributed by atoms with van der Waals surface area (Å²) < 4.78 is 0. The van der Waals surface area contributed by atoms with Crippen LogP contribution in [-0.4, -0.2) is 42.1 Å². The number of nitrogens with one attached hydrogen (secondary N) is 1. The molecule has 0 spiro atoms. The lowest BCUT2D eigenvalue weighted by Gasteiger charge is -2.32. The third kappa shape index (κ3) is 3.61. The second-order valence-electron chi connectivity index (χ2n) is 5.00. The number of carbonyl (C=O) groups excluding carboxylic acids is 1. The van der Waals surface area contributed by atoms with E-state index in [0.29, 0.717) is 17.6 Å². The highest BCUT2D eigenvalue weighted by molar-refractivity contribution is 6.30. The van der Waals surface area contributed by atoms with Crippen molar-refractivity contribution in [3.8, 4) is 5.75 Å². The lowest BCUT2D eigenvalue weighted by Crippen LogP contribution is -2.44. The maximum absolute atomic E-state index is 12.0. The van der Waals surface area contributed by atoms with E-state index in [1.807, 2.05) is 0 Å². The predicted octanol–water partition coefficient (Wildman–Crippen LogP) is 2.26. The number of amides is 1. The molecule has 1 heterocycles. The zero-order chi connectivity index (χ0) is 13.8. The smallest absolute Gasteiger partial charge is 0.255 e. The van der Waals surface area contributed by atoms with Gasteiger partial charge in [-0.15, -0.1) is 0 Å². The number of piperidine rings is 1. The van der Waals surface area contributed by atoms with Crippen molar-refractivity contribution in [2.24, 2.45) is 0 Å². The molecule has 5 heteroatoms. The van der Waals surface area contributed by atoms with Gasteiger partial charge in [-0.25, -0.2) is 0 Å². The summed E-state index contributed by atoms with van der Waals surface area (Å²) in [7, 11) is 2.08. The summed E-state index contributed by atoms with van der Waals surface area (Å²) in [6.45, 7) is 1.68. The van der Waals surface area contributed by atoms with Crippen LogP contribution in [0.15, 0.2) is 18.2 Å². The summed E-state index contributed by atoms with van der Waals surface area (Å²) in [6, 6.07) is 4.90. The number of likely N-dealkylation sites (N-methyl/N-ethyl adjacent to an activating group) is 1. The molecule has 19 heavy (non-hydrogen) atoms. The van der Waals surface area contributed by atoms with E-state index in [1.165, 1.54) is 25.0 Å². The minimum atomic E-state index is -0.256. The standard InChI is InChI=1S/C14H19ClN2O2/c1-17-7-3-2-4-11(17)9-16-14(19)12-6-5-10(15)8-13(12)18/h5-6,8,11,18H,2-4,7,9H2,1H3,(H,16,19). The average Bonchev–Trinajstić information content (AvgIpc) is 2.37. The first-order chi connectivity index (χ1) is 9.08. The largest absolute Gasteiger partial charge is 0.507 e. The Labute approximate surface area is 118 Å². The molecule has 1 fully saturated rings. The van der Waals surface area contributed by atoms with E-state index in [2.05, 4.69) is 17.3 Å². The average molecular weight is 283 g/mol. The van der Waals surface area contributed by atoms with Gasteiger partial charge in [-0.1, -0.05) is 18.0 Å². The van der Waals surface area contributed by atoms with Crippen molar-refractivity contribution in [1.82, 2.24) is 10.2 Å². The number of benzene rings is 1. The van der Waals surface area contributed by atoms with Crippen LogP contribution < -0.4 is 5.32 Å². The van der Waals surface area contributed by atoms with E-state index >= 15 is 0 Å². The first-order valence-electron chi connectivity index (χ1n) is 6.55. The minimum Gasteiger partial charge on any atom is -0.507 e. The van der Waals surface area contributed by atoms with Gasteiger partial charge < -0.3 is 15.3 Å². The van der Waals surface area contributed by atoms with E-state index in [4.69, 9.17) is 11.6 Å². The number of hydrogen-bond acceptors (Lipinski definition) is 3. The van der Waals surface area contributed by atoms with Gasteiger partial charge in [-0.2, -0.15) is 0 Å². The Hall–Kier alpha value is -1.26. The van der Waals surface area contributed by atoms with Crippen molar-refractivity contribution in [2.45, 2.75) is 25.3 Å². The number of carbonyl (C=O) groups is 1. The molecule has 0 aliphatic carbocycles. The molecule has 1 aliphatic heterocycles. The first kappa shape index (κ1) is 14.2. The van der Waals surface area contributed by atoms with Gasteiger partial charge in [0.05, 0.1) is 5.56 Å². The monoisotopic (exact) mass is 282 g/mol. The number of phenolic OH excluding ortho intramolecular Hbond substituents is 1. The topological polar surface area (TPSA) is 52.6 Å². The number of phenols is 1. The van der Waals surface area contributed by atoms with Crippen LogP contribution in [0.2, 0.25) is 5.02 Å². The molecule has 0 radical (unpaired) electrons. The predicted molar refractivity (Wildman–Crippen MR) is 75.7 cm³/mol. The van der Waals surface area contributed by atoms with E-state index in [-0.39, 0.29) is 17.2 Å². The van der Waals surface area contributed by atoms with Crippen LogP contribution in [-0.2, 0) is 0 Å². The lowest BCUT2D eigenvalue weighted by atomic mass is 10.0. The molecule has 0 aromatic heterocycles. The number of nitrogens with zero attached hydrogens (tertiary/aromatic N) is 1. The Morgan fingerprint density at radius 1 is 1.53 bits per heavy atom. The van der Waals surface area contributed by atoms with Crippen molar-refractivity contribution >= 4 is 17.5 Å². The highest BCUT2D eigenvalue weighted by Crippen LogP contribution is 2.22. The van der Waals surface area contributed by atoms with Crippen LogP contribution in [0.25, 0.3) is 0 Å². The van der Waals surface area contributed by atoms with Gasteiger partial charge in [0.2, 0.25) is 0 Å². The summed E-state index contributed by atoms with van der Waals surface area (Å²) in [5, 5.41) is 13.0. The van der Waals surface area contributed by atoms with Crippen molar-refractivity contribution in [3.05, 3.63) is 28.8 Å². The molecular formula is C14H19ClN2O2. The highest BCUT2D eigenvalue weighted by Gasteiger charge is 2.20. The zero-order valence-electron chi connectivity index (χ0n) is 11.0.